The number of carbonyl (C=O) groups is 2. The third-order valence-electron chi connectivity index (χ3n) is 5.41. The molecule has 0 bridgehead atoms. The van der Waals surface area contributed by atoms with E-state index in [1.807, 2.05) is 12.1 Å². The minimum Gasteiger partial charge on any atom is -0.351 e. The van der Waals surface area contributed by atoms with Gasteiger partial charge in [0.2, 0.25) is 0 Å². The molecule has 2 N–H and O–H groups in total. The molecule has 3 aromatic heterocycles. The molecule has 1 saturated heterocycles. The Kier molecular flexibility index (Phi) is 4.99. The average Bonchev–Trinajstić information content (AvgIpc) is 3.59. The predicted octanol–water partition coefficient (Wildman–Crippen LogP) is 2.99. The highest BCUT2D eigenvalue weighted by molar-refractivity contribution is 6.10. The molecule has 0 unspecified atom stereocenters. The lowest BCUT2D eigenvalue weighted by Crippen LogP contribution is -2.42. The molecule has 3 aromatic rings. The van der Waals surface area contributed by atoms with Crippen LogP contribution in [0.1, 0.15) is 51.7 Å². The summed E-state index contributed by atoms with van der Waals surface area (Å²) in [4.78, 5) is 44.4. The molecule has 0 spiro atoms. The SMILES string of the molecule is O=C(Nc1cnccc1C(=O)N1CCC1)c1nc(C2CC2)ccc1Nc1cncnc1. The number of rotatable bonds is 6. The summed E-state index contributed by atoms with van der Waals surface area (Å²) in [5, 5.41) is 6.00. The molecule has 156 valence electrons. The van der Waals surface area contributed by atoms with E-state index < -0.39 is 5.91 Å². The van der Waals surface area contributed by atoms with E-state index in [9.17, 15) is 9.59 Å². The maximum atomic E-state index is 13.3. The van der Waals surface area contributed by atoms with Crippen molar-refractivity contribution in [1.82, 2.24) is 24.8 Å². The van der Waals surface area contributed by atoms with Crippen LogP contribution < -0.4 is 10.6 Å². The van der Waals surface area contributed by atoms with Crippen LogP contribution in [0.15, 0.2) is 49.3 Å². The van der Waals surface area contributed by atoms with Crippen LogP contribution in [0, 0.1) is 0 Å². The molecular weight excluding hydrogens is 394 g/mol. The summed E-state index contributed by atoms with van der Waals surface area (Å²) in [5.41, 5.74) is 3.12. The van der Waals surface area contributed by atoms with Gasteiger partial charge in [0.25, 0.3) is 11.8 Å². The largest absolute Gasteiger partial charge is 0.351 e. The summed E-state index contributed by atoms with van der Waals surface area (Å²) in [6.45, 7) is 1.46. The molecule has 5 rings (SSSR count). The zero-order valence-electron chi connectivity index (χ0n) is 16.8. The first-order chi connectivity index (χ1) is 15.2. The first-order valence-corrected chi connectivity index (χ1v) is 10.3. The highest BCUT2D eigenvalue weighted by Crippen LogP contribution is 2.39. The van der Waals surface area contributed by atoms with E-state index in [1.54, 1.807) is 29.6 Å². The molecule has 2 fully saturated rings. The van der Waals surface area contributed by atoms with Gasteiger partial charge in [0.15, 0.2) is 5.69 Å². The van der Waals surface area contributed by atoms with Crippen molar-refractivity contribution >= 4 is 28.9 Å². The summed E-state index contributed by atoms with van der Waals surface area (Å²) >= 11 is 0. The van der Waals surface area contributed by atoms with Crippen LogP contribution in [0.3, 0.4) is 0 Å². The van der Waals surface area contributed by atoms with Gasteiger partial charge in [-0.2, -0.15) is 0 Å². The third-order valence-corrected chi connectivity index (χ3v) is 5.41. The fourth-order valence-corrected chi connectivity index (χ4v) is 3.43. The molecule has 4 heterocycles. The number of nitrogens with one attached hydrogen (secondary N) is 2. The van der Waals surface area contributed by atoms with Gasteiger partial charge in [-0.15, -0.1) is 0 Å². The number of pyridine rings is 2. The molecule has 2 aliphatic rings. The zero-order valence-corrected chi connectivity index (χ0v) is 16.8. The van der Waals surface area contributed by atoms with Crippen molar-refractivity contribution in [2.75, 3.05) is 23.7 Å². The van der Waals surface area contributed by atoms with Crippen LogP contribution in [-0.4, -0.2) is 49.7 Å². The van der Waals surface area contributed by atoms with Crippen LogP contribution in [0.5, 0.6) is 0 Å². The highest BCUT2D eigenvalue weighted by atomic mass is 16.2. The predicted molar refractivity (Wildman–Crippen MR) is 114 cm³/mol. The minimum absolute atomic E-state index is 0.108. The van der Waals surface area contributed by atoms with E-state index in [-0.39, 0.29) is 11.6 Å². The Balaban J connectivity index is 1.44. The van der Waals surface area contributed by atoms with E-state index >= 15 is 0 Å². The molecule has 1 saturated carbocycles. The van der Waals surface area contributed by atoms with Gasteiger partial charge in [-0.3, -0.25) is 14.6 Å². The first-order valence-electron chi connectivity index (χ1n) is 10.3. The highest BCUT2D eigenvalue weighted by Gasteiger charge is 2.28. The topological polar surface area (TPSA) is 113 Å². The van der Waals surface area contributed by atoms with Crippen molar-refractivity contribution in [2.45, 2.75) is 25.2 Å². The van der Waals surface area contributed by atoms with Crippen LogP contribution in [-0.2, 0) is 0 Å². The van der Waals surface area contributed by atoms with Crippen molar-refractivity contribution in [2.24, 2.45) is 0 Å². The number of aromatic nitrogens is 4. The average molecular weight is 415 g/mol. The Morgan fingerprint density at radius 3 is 2.48 bits per heavy atom. The second kappa shape index (κ2) is 8.10. The number of carbonyl (C=O) groups excluding carboxylic acids is 2. The summed E-state index contributed by atoms with van der Waals surface area (Å²) in [6.07, 6.45) is 10.9. The second-order valence-electron chi connectivity index (χ2n) is 7.68. The minimum atomic E-state index is -0.410. The van der Waals surface area contributed by atoms with Crippen molar-refractivity contribution in [3.05, 3.63) is 66.3 Å². The Hall–Kier alpha value is -3.88. The summed E-state index contributed by atoms with van der Waals surface area (Å²) in [6, 6.07) is 5.41. The van der Waals surface area contributed by atoms with Gasteiger partial charge in [0.1, 0.15) is 6.33 Å². The number of likely N-dealkylation sites (tertiary alicyclic amines) is 1. The standard InChI is InChI=1S/C22H21N7O2/c30-21(28-19-12-23-7-6-16(19)22(31)29-8-1-9-29)20-18(26-15-10-24-13-25-11-15)5-4-17(27-20)14-2-3-14/h4-7,10-14,26H,1-3,8-9H2,(H,28,30). The van der Waals surface area contributed by atoms with E-state index in [0.717, 1.165) is 38.0 Å². The van der Waals surface area contributed by atoms with Crippen molar-refractivity contribution in [3.8, 4) is 0 Å². The number of nitrogens with zero attached hydrogens (tertiary/aromatic N) is 5. The number of amides is 2. The molecular formula is C22H21N7O2. The fraction of sp³-hybridized carbons (Fsp3) is 0.273. The number of hydrogen-bond acceptors (Lipinski definition) is 7. The van der Waals surface area contributed by atoms with Crippen LogP contribution in [0.2, 0.25) is 0 Å². The Labute approximate surface area is 179 Å². The lowest BCUT2D eigenvalue weighted by molar-refractivity contribution is 0.0653. The van der Waals surface area contributed by atoms with E-state index in [0.29, 0.717) is 28.5 Å². The quantitative estimate of drug-likeness (QED) is 0.636. The number of hydrogen-bond donors (Lipinski definition) is 2. The molecule has 0 radical (unpaired) electrons. The monoisotopic (exact) mass is 415 g/mol. The molecule has 0 aromatic carbocycles. The van der Waals surface area contributed by atoms with Gasteiger partial charge < -0.3 is 15.5 Å². The Bertz CT molecular complexity index is 1130. The van der Waals surface area contributed by atoms with Gasteiger partial charge in [0, 0.05) is 30.9 Å². The second-order valence-corrected chi connectivity index (χ2v) is 7.68. The van der Waals surface area contributed by atoms with E-state index in [2.05, 4.69) is 30.6 Å². The number of anilines is 3. The summed E-state index contributed by atoms with van der Waals surface area (Å²) < 4.78 is 0. The lowest BCUT2D eigenvalue weighted by atomic mass is 10.1. The molecule has 2 amide bonds. The van der Waals surface area contributed by atoms with Crippen LogP contribution in [0.4, 0.5) is 17.1 Å². The van der Waals surface area contributed by atoms with Gasteiger partial charge in [-0.25, -0.2) is 15.0 Å². The van der Waals surface area contributed by atoms with Gasteiger partial charge in [0.05, 0.1) is 41.2 Å². The van der Waals surface area contributed by atoms with Gasteiger partial charge in [-0.1, -0.05) is 0 Å². The van der Waals surface area contributed by atoms with Crippen LogP contribution >= 0.6 is 0 Å². The van der Waals surface area contributed by atoms with Crippen molar-refractivity contribution < 1.29 is 9.59 Å². The van der Waals surface area contributed by atoms with Crippen molar-refractivity contribution in [1.29, 1.82) is 0 Å². The summed E-state index contributed by atoms with van der Waals surface area (Å²) in [7, 11) is 0. The van der Waals surface area contributed by atoms with E-state index in [4.69, 9.17) is 0 Å². The maximum absolute atomic E-state index is 13.3. The zero-order chi connectivity index (χ0) is 21.2. The van der Waals surface area contributed by atoms with E-state index in [1.165, 1.54) is 12.5 Å². The molecule has 1 aliphatic heterocycles. The Morgan fingerprint density at radius 1 is 0.968 bits per heavy atom. The fourth-order valence-electron chi connectivity index (χ4n) is 3.43. The maximum Gasteiger partial charge on any atom is 0.276 e. The summed E-state index contributed by atoms with van der Waals surface area (Å²) in [5.74, 6) is -0.126. The molecule has 9 nitrogen and oxygen atoms in total. The van der Waals surface area contributed by atoms with Gasteiger partial charge >= 0.3 is 0 Å². The van der Waals surface area contributed by atoms with Crippen molar-refractivity contribution in [3.63, 3.8) is 0 Å². The van der Waals surface area contributed by atoms with Gasteiger partial charge in [-0.05, 0) is 37.5 Å². The Morgan fingerprint density at radius 2 is 1.77 bits per heavy atom. The molecule has 9 heteroatoms. The molecule has 0 atom stereocenters. The van der Waals surface area contributed by atoms with Crippen LogP contribution in [0.25, 0.3) is 0 Å². The first kappa shape index (κ1) is 19.1. The normalized spacial score (nSPS) is 15.2. The smallest absolute Gasteiger partial charge is 0.276 e. The lowest BCUT2D eigenvalue weighted by Gasteiger charge is -2.31. The molecule has 1 aliphatic carbocycles. The molecule has 31 heavy (non-hydrogen) atoms. The third kappa shape index (κ3) is 4.07.